The van der Waals surface area contributed by atoms with Crippen LogP contribution in [-0.2, 0) is 0 Å². The second-order valence-corrected chi connectivity index (χ2v) is 3.88. The lowest BCUT2D eigenvalue weighted by atomic mass is 10.0. The average Bonchev–Trinajstić information content (AvgIpc) is 2.38. The van der Waals surface area contributed by atoms with Crippen LogP contribution >= 0.6 is 0 Å². The van der Waals surface area contributed by atoms with Crippen molar-refractivity contribution in [2.45, 2.75) is 27.2 Å². The van der Waals surface area contributed by atoms with Crippen molar-refractivity contribution in [2.75, 3.05) is 0 Å². The molecule has 0 fully saturated rings. The van der Waals surface area contributed by atoms with Crippen LogP contribution in [0.15, 0.2) is 59.8 Å². The van der Waals surface area contributed by atoms with E-state index in [9.17, 15) is 0 Å². The summed E-state index contributed by atoms with van der Waals surface area (Å²) in [5.41, 5.74) is 3.91. The summed E-state index contributed by atoms with van der Waals surface area (Å²) in [6.07, 6.45) is 14.1. The lowest BCUT2D eigenvalue weighted by molar-refractivity contribution is 0.917. The van der Waals surface area contributed by atoms with Crippen LogP contribution in [0, 0.1) is 5.92 Å². The van der Waals surface area contributed by atoms with E-state index in [2.05, 4.69) is 50.8 Å². The summed E-state index contributed by atoms with van der Waals surface area (Å²) < 4.78 is 0. The molecule has 1 unspecified atom stereocenters. The van der Waals surface area contributed by atoms with Crippen molar-refractivity contribution in [2.24, 2.45) is 5.92 Å². The van der Waals surface area contributed by atoms with Gasteiger partial charge < -0.3 is 0 Å². The van der Waals surface area contributed by atoms with Crippen LogP contribution in [0.25, 0.3) is 0 Å². The Balaban J connectivity index is 3.16. The number of hydrogen-bond acceptors (Lipinski definition) is 0. The molecule has 0 spiro atoms. The van der Waals surface area contributed by atoms with Crippen LogP contribution in [0.2, 0.25) is 0 Å². The summed E-state index contributed by atoms with van der Waals surface area (Å²) in [5, 5.41) is 0. The minimum absolute atomic E-state index is 0.493. The van der Waals surface area contributed by atoms with E-state index in [0.717, 1.165) is 6.42 Å². The van der Waals surface area contributed by atoms with Gasteiger partial charge in [0.2, 0.25) is 0 Å². The van der Waals surface area contributed by atoms with Crippen molar-refractivity contribution < 1.29 is 0 Å². The second kappa shape index (κ2) is 5.55. The SMILES string of the molecule is C=CC1=CC(C)C=C(CC)C=C1/C=C\C. The third kappa shape index (κ3) is 3.09. The fraction of sp³-hybridized carbons (Fsp3) is 0.333. The zero-order chi connectivity index (χ0) is 11.3. The lowest BCUT2D eigenvalue weighted by Crippen LogP contribution is -1.86. The standard InChI is InChI=1S/C15H20/c1-5-8-15-11-13(6-2)9-12(4)10-14(15)7-3/h5,7-12H,3,6H2,1-2,4H3/b8-5-. The summed E-state index contributed by atoms with van der Waals surface area (Å²) in [6, 6.07) is 0. The van der Waals surface area contributed by atoms with Gasteiger partial charge in [-0.05, 0) is 30.4 Å². The largest absolute Gasteiger partial charge is 0.0985 e. The number of hydrogen-bond donors (Lipinski definition) is 0. The molecule has 1 aliphatic rings. The molecule has 0 aromatic rings. The van der Waals surface area contributed by atoms with Gasteiger partial charge in [-0.1, -0.05) is 62.5 Å². The van der Waals surface area contributed by atoms with E-state index in [1.54, 1.807) is 0 Å². The fourth-order valence-corrected chi connectivity index (χ4v) is 1.83. The molecular weight excluding hydrogens is 180 g/mol. The van der Waals surface area contributed by atoms with Crippen LogP contribution in [0.3, 0.4) is 0 Å². The maximum atomic E-state index is 3.88. The summed E-state index contributed by atoms with van der Waals surface area (Å²) in [7, 11) is 0. The van der Waals surface area contributed by atoms with Crippen molar-refractivity contribution in [1.82, 2.24) is 0 Å². The monoisotopic (exact) mass is 200 g/mol. The van der Waals surface area contributed by atoms with E-state index in [4.69, 9.17) is 0 Å². The molecule has 0 heteroatoms. The van der Waals surface area contributed by atoms with E-state index in [1.165, 1.54) is 16.7 Å². The summed E-state index contributed by atoms with van der Waals surface area (Å²) in [4.78, 5) is 0. The first-order chi connectivity index (χ1) is 7.21. The Hall–Kier alpha value is -1.30. The van der Waals surface area contributed by atoms with Crippen molar-refractivity contribution in [3.05, 3.63) is 59.8 Å². The van der Waals surface area contributed by atoms with Crippen LogP contribution in [-0.4, -0.2) is 0 Å². The Morgan fingerprint density at radius 2 is 2.07 bits per heavy atom. The van der Waals surface area contributed by atoms with Crippen LogP contribution < -0.4 is 0 Å². The zero-order valence-electron chi connectivity index (χ0n) is 9.96. The summed E-state index contributed by atoms with van der Waals surface area (Å²) >= 11 is 0. The van der Waals surface area contributed by atoms with E-state index >= 15 is 0 Å². The molecule has 0 saturated heterocycles. The molecule has 0 saturated carbocycles. The molecule has 0 nitrogen and oxygen atoms in total. The molecule has 80 valence electrons. The van der Waals surface area contributed by atoms with Gasteiger partial charge in [-0.15, -0.1) is 0 Å². The molecule has 15 heavy (non-hydrogen) atoms. The maximum absolute atomic E-state index is 3.88. The first kappa shape index (κ1) is 11.8. The van der Waals surface area contributed by atoms with Gasteiger partial charge in [0, 0.05) is 0 Å². The van der Waals surface area contributed by atoms with Gasteiger partial charge in [-0.2, -0.15) is 0 Å². The molecule has 0 radical (unpaired) electrons. The summed E-state index contributed by atoms with van der Waals surface area (Å²) in [6.45, 7) is 10.3. The highest BCUT2D eigenvalue weighted by molar-refractivity contribution is 5.51. The topological polar surface area (TPSA) is 0 Å². The van der Waals surface area contributed by atoms with Crippen LogP contribution in [0.4, 0.5) is 0 Å². The molecule has 0 amide bonds. The average molecular weight is 200 g/mol. The van der Waals surface area contributed by atoms with Gasteiger partial charge >= 0.3 is 0 Å². The minimum Gasteiger partial charge on any atom is -0.0985 e. The lowest BCUT2D eigenvalue weighted by Gasteiger charge is -2.02. The molecule has 0 aromatic carbocycles. The molecule has 1 aliphatic carbocycles. The van der Waals surface area contributed by atoms with Crippen molar-refractivity contribution >= 4 is 0 Å². The first-order valence-electron chi connectivity index (χ1n) is 5.61. The normalized spacial score (nSPS) is 21.8. The molecule has 1 rings (SSSR count). The molecule has 1 atom stereocenters. The fourth-order valence-electron chi connectivity index (χ4n) is 1.83. The number of rotatable bonds is 3. The Morgan fingerprint density at radius 1 is 1.33 bits per heavy atom. The predicted octanol–water partition coefficient (Wildman–Crippen LogP) is 4.59. The number of allylic oxidation sites excluding steroid dienone is 9. The van der Waals surface area contributed by atoms with Gasteiger partial charge in [0.05, 0.1) is 0 Å². The Labute approximate surface area is 93.4 Å². The highest BCUT2D eigenvalue weighted by atomic mass is 14.1. The maximum Gasteiger partial charge on any atom is -0.00669 e. The Morgan fingerprint density at radius 3 is 2.60 bits per heavy atom. The highest BCUT2D eigenvalue weighted by Gasteiger charge is 2.06. The predicted molar refractivity (Wildman–Crippen MR) is 68.7 cm³/mol. The van der Waals surface area contributed by atoms with Crippen molar-refractivity contribution in [1.29, 1.82) is 0 Å². The quantitative estimate of drug-likeness (QED) is 0.625. The molecule has 0 heterocycles. The van der Waals surface area contributed by atoms with Gasteiger partial charge in [0.15, 0.2) is 0 Å². The first-order valence-corrected chi connectivity index (χ1v) is 5.61. The third-order valence-corrected chi connectivity index (χ3v) is 2.57. The summed E-state index contributed by atoms with van der Waals surface area (Å²) in [5.74, 6) is 0.493. The molecule has 0 aliphatic heterocycles. The molecule has 0 bridgehead atoms. The van der Waals surface area contributed by atoms with Gasteiger partial charge in [-0.3, -0.25) is 0 Å². The highest BCUT2D eigenvalue weighted by Crippen LogP contribution is 2.24. The van der Waals surface area contributed by atoms with Crippen LogP contribution in [0.1, 0.15) is 27.2 Å². The van der Waals surface area contributed by atoms with Gasteiger partial charge in [-0.25, -0.2) is 0 Å². The molecule has 0 aromatic heterocycles. The van der Waals surface area contributed by atoms with E-state index < -0.39 is 0 Å². The smallest absolute Gasteiger partial charge is 0.00669 e. The Bertz CT molecular complexity index is 348. The minimum atomic E-state index is 0.493. The van der Waals surface area contributed by atoms with E-state index in [-0.39, 0.29) is 0 Å². The van der Waals surface area contributed by atoms with E-state index in [1.807, 2.05) is 13.0 Å². The third-order valence-electron chi connectivity index (χ3n) is 2.57. The van der Waals surface area contributed by atoms with E-state index in [0.29, 0.717) is 5.92 Å². The van der Waals surface area contributed by atoms with Gasteiger partial charge in [0.1, 0.15) is 0 Å². The van der Waals surface area contributed by atoms with Crippen LogP contribution in [0.5, 0.6) is 0 Å². The Kier molecular flexibility index (Phi) is 4.36. The van der Waals surface area contributed by atoms with Crippen molar-refractivity contribution in [3.63, 3.8) is 0 Å². The second-order valence-electron chi connectivity index (χ2n) is 3.88. The molecular formula is C15H20. The molecule has 0 N–H and O–H groups in total. The van der Waals surface area contributed by atoms with Gasteiger partial charge in [0.25, 0.3) is 0 Å². The van der Waals surface area contributed by atoms with Crippen molar-refractivity contribution in [3.8, 4) is 0 Å². The zero-order valence-corrected chi connectivity index (χ0v) is 9.96.